The largest absolute Gasteiger partial charge is 0.495 e. The number of carbonyl (C=O) groups excluding carboxylic acids is 1. The Kier molecular flexibility index (Phi) is 6.30. The lowest BCUT2D eigenvalue weighted by molar-refractivity contribution is -0.113. The fourth-order valence-electron chi connectivity index (χ4n) is 3.13. The second-order valence-corrected chi connectivity index (χ2v) is 7.93. The van der Waals surface area contributed by atoms with Gasteiger partial charge >= 0.3 is 0 Å². The van der Waals surface area contributed by atoms with Gasteiger partial charge in [-0.15, -0.1) is 0 Å². The van der Waals surface area contributed by atoms with Crippen LogP contribution in [0.15, 0.2) is 82.7 Å². The fraction of sp³-hybridized carbons (Fsp3) is 0.0833. The lowest BCUT2D eigenvalue weighted by Gasteiger charge is -2.18. The molecule has 3 aromatic rings. The molecule has 5 nitrogen and oxygen atoms in total. The summed E-state index contributed by atoms with van der Waals surface area (Å²) in [6.07, 6.45) is 1.78. The van der Waals surface area contributed by atoms with E-state index in [1.807, 2.05) is 66.7 Å². The third-order valence-electron chi connectivity index (χ3n) is 4.63. The second-order valence-electron chi connectivity index (χ2n) is 6.51. The molecule has 3 aromatic carbocycles. The first-order valence-corrected chi connectivity index (χ1v) is 10.6. The molecule has 7 heteroatoms. The van der Waals surface area contributed by atoms with Gasteiger partial charge in [-0.25, -0.2) is 4.99 Å². The summed E-state index contributed by atoms with van der Waals surface area (Å²) in [7, 11) is 3.16. The Morgan fingerprint density at radius 2 is 1.55 bits per heavy atom. The smallest absolute Gasteiger partial charge is 0.271 e. The van der Waals surface area contributed by atoms with Gasteiger partial charge in [-0.3, -0.25) is 9.69 Å². The van der Waals surface area contributed by atoms with Gasteiger partial charge in [0.05, 0.1) is 24.8 Å². The number of hydrogen-bond acceptors (Lipinski definition) is 5. The van der Waals surface area contributed by atoms with Crippen molar-refractivity contribution in [2.24, 2.45) is 4.99 Å². The first kappa shape index (κ1) is 21.0. The number of para-hydroxylation sites is 4. The van der Waals surface area contributed by atoms with Crippen LogP contribution < -0.4 is 14.4 Å². The van der Waals surface area contributed by atoms with E-state index >= 15 is 0 Å². The number of amidine groups is 1. The maximum atomic E-state index is 13.5. The van der Waals surface area contributed by atoms with E-state index in [9.17, 15) is 4.79 Å². The van der Waals surface area contributed by atoms with E-state index in [2.05, 4.69) is 0 Å². The molecule has 0 spiro atoms. The summed E-state index contributed by atoms with van der Waals surface area (Å²) in [5.74, 6) is 0.984. The Morgan fingerprint density at radius 1 is 0.903 bits per heavy atom. The number of methoxy groups -OCH3 is 2. The Hall–Kier alpha value is -3.22. The summed E-state index contributed by atoms with van der Waals surface area (Å²) in [6, 6.07) is 22.1. The third kappa shape index (κ3) is 4.31. The molecule has 1 fully saturated rings. The summed E-state index contributed by atoms with van der Waals surface area (Å²) < 4.78 is 10.9. The molecule has 31 heavy (non-hydrogen) atoms. The summed E-state index contributed by atoms with van der Waals surface area (Å²) >= 11 is 7.59. The molecule has 1 aliphatic rings. The van der Waals surface area contributed by atoms with Crippen LogP contribution in [0.2, 0.25) is 5.02 Å². The zero-order valence-corrected chi connectivity index (χ0v) is 18.5. The summed E-state index contributed by atoms with van der Waals surface area (Å²) in [5.41, 5.74) is 2.00. The highest BCUT2D eigenvalue weighted by atomic mass is 35.5. The molecule has 1 saturated heterocycles. The first-order chi connectivity index (χ1) is 15.1. The van der Waals surface area contributed by atoms with Crippen LogP contribution in [0.25, 0.3) is 6.08 Å². The van der Waals surface area contributed by atoms with Crippen LogP contribution in [0, 0.1) is 0 Å². The number of aliphatic imine (C=N–C) groups is 1. The van der Waals surface area contributed by atoms with E-state index in [0.717, 1.165) is 5.56 Å². The highest BCUT2D eigenvalue weighted by Gasteiger charge is 2.36. The Balaban J connectivity index is 1.85. The average molecular weight is 451 g/mol. The molecule has 0 atom stereocenters. The molecular weight excluding hydrogens is 432 g/mol. The van der Waals surface area contributed by atoms with Crippen LogP contribution in [0.1, 0.15) is 5.56 Å². The van der Waals surface area contributed by atoms with Crippen molar-refractivity contribution in [3.63, 3.8) is 0 Å². The van der Waals surface area contributed by atoms with Gasteiger partial charge in [-0.1, -0.05) is 54.1 Å². The molecule has 0 bridgehead atoms. The number of ether oxygens (including phenoxy) is 2. The number of anilines is 1. The molecule has 0 aliphatic carbocycles. The molecule has 0 radical (unpaired) electrons. The van der Waals surface area contributed by atoms with Crippen molar-refractivity contribution in [1.29, 1.82) is 0 Å². The fourth-order valence-corrected chi connectivity index (χ4v) is 4.30. The number of benzene rings is 3. The van der Waals surface area contributed by atoms with Crippen LogP contribution in [0.5, 0.6) is 11.5 Å². The van der Waals surface area contributed by atoms with Crippen LogP contribution in [0.4, 0.5) is 11.4 Å². The van der Waals surface area contributed by atoms with E-state index < -0.39 is 0 Å². The number of amides is 1. The van der Waals surface area contributed by atoms with E-state index in [1.165, 1.54) is 11.8 Å². The Bertz CT molecular complexity index is 1190. The quantitative estimate of drug-likeness (QED) is 0.436. The van der Waals surface area contributed by atoms with Crippen molar-refractivity contribution in [3.05, 3.63) is 88.3 Å². The zero-order chi connectivity index (χ0) is 21.8. The number of hydrogen-bond donors (Lipinski definition) is 0. The van der Waals surface area contributed by atoms with Gasteiger partial charge in [0.2, 0.25) is 0 Å². The molecule has 156 valence electrons. The molecule has 0 saturated carbocycles. The lowest BCUT2D eigenvalue weighted by atomic mass is 10.2. The number of rotatable bonds is 5. The van der Waals surface area contributed by atoms with Crippen molar-refractivity contribution in [2.75, 3.05) is 19.1 Å². The maximum Gasteiger partial charge on any atom is 0.271 e. The van der Waals surface area contributed by atoms with Gasteiger partial charge in [0.25, 0.3) is 5.91 Å². The second kappa shape index (κ2) is 9.29. The normalized spacial score (nSPS) is 16.2. The van der Waals surface area contributed by atoms with Gasteiger partial charge in [-0.2, -0.15) is 0 Å². The van der Waals surface area contributed by atoms with Gasteiger partial charge in [0, 0.05) is 5.02 Å². The number of halogens is 1. The van der Waals surface area contributed by atoms with Crippen molar-refractivity contribution in [3.8, 4) is 11.5 Å². The highest BCUT2D eigenvalue weighted by molar-refractivity contribution is 8.19. The molecule has 0 unspecified atom stereocenters. The van der Waals surface area contributed by atoms with E-state index in [-0.39, 0.29) is 5.91 Å². The molecule has 0 aromatic heterocycles. The Labute approximate surface area is 190 Å². The predicted molar refractivity (Wildman–Crippen MR) is 128 cm³/mol. The minimum atomic E-state index is -0.205. The Morgan fingerprint density at radius 3 is 2.29 bits per heavy atom. The summed E-state index contributed by atoms with van der Waals surface area (Å²) in [4.78, 5) is 20.3. The van der Waals surface area contributed by atoms with Gasteiger partial charge in [0.1, 0.15) is 17.2 Å². The molecule has 0 N–H and O–H groups in total. The predicted octanol–water partition coefficient (Wildman–Crippen LogP) is 6.17. The molecule has 1 aliphatic heterocycles. The molecule has 4 rings (SSSR count). The molecule has 1 heterocycles. The van der Waals surface area contributed by atoms with Crippen LogP contribution in [-0.2, 0) is 4.79 Å². The maximum absolute atomic E-state index is 13.5. The summed E-state index contributed by atoms with van der Waals surface area (Å²) in [6.45, 7) is 0. The molecular formula is C24H19ClN2O3S. The van der Waals surface area contributed by atoms with Crippen molar-refractivity contribution < 1.29 is 14.3 Å². The highest BCUT2D eigenvalue weighted by Crippen LogP contribution is 2.42. The van der Waals surface area contributed by atoms with Crippen LogP contribution in [0.3, 0.4) is 0 Å². The van der Waals surface area contributed by atoms with Gasteiger partial charge < -0.3 is 9.47 Å². The number of carbonyl (C=O) groups is 1. The van der Waals surface area contributed by atoms with E-state index in [1.54, 1.807) is 31.3 Å². The van der Waals surface area contributed by atoms with Crippen molar-refractivity contribution in [1.82, 2.24) is 0 Å². The lowest BCUT2D eigenvalue weighted by Crippen LogP contribution is -2.29. The number of nitrogens with zero attached hydrogens (tertiary/aromatic N) is 2. The molecule has 1 amide bonds. The monoisotopic (exact) mass is 450 g/mol. The third-order valence-corrected chi connectivity index (χ3v) is 5.94. The van der Waals surface area contributed by atoms with Crippen LogP contribution in [-0.4, -0.2) is 25.3 Å². The minimum Gasteiger partial charge on any atom is -0.495 e. The SMILES string of the molecule is COc1ccccc1N=C1S/C(=C\c2ccccc2Cl)C(=O)N1c1ccccc1OC. The average Bonchev–Trinajstić information content (AvgIpc) is 3.10. The van der Waals surface area contributed by atoms with Gasteiger partial charge in [0.15, 0.2) is 5.17 Å². The van der Waals surface area contributed by atoms with Crippen molar-refractivity contribution >= 4 is 51.9 Å². The standard InChI is InChI=1S/C24H19ClN2O3S/c1-29-20-13-7-5-11-18(20)26-24-27(19-12-6-8-14-21(19)30-2)23(28)22(31-24)15-16-9-3-4-10-17(16)25/h3-15H,1-2H3/b22-15-,26-24?. The summed E-state index contributed by atoms with van der Waals surface area (Å²) in [5, 5.41) is 1.07. The minimum absolute atomic E-state index is 0.205. The van der Waals surface area contributed by atoms with Gasteiger partial charge in [-0.05, 0) is 53.7 Å². The number of thioether (sulfide) groups is 1. The van der Waals surface area contributed by atoms with Crippen LogP contribution >= 0.6 is 23.4 Å². The van der Waals surface area contributed by atoms with E-state index in [4.69, 9.17) is 26.1 Å². The van der Waals surface area contributed by atoms with E-state index in [0.29, 0.717) is 38.0 Å². The van der Waals surface area contributed by atoms with Crippen molar-refractivity contribution in [2.45, 2.75) is 0 Å². The topological polar surface area (TPSA) is 51.1 Å². The zero-order valence-electron chi connectivity index (χ0n) is 16.9. The first-order valence-electron chi connectivity index (χ1n) is 9.45.